The lowest BCUT2D eigenvalue weighted by molar-refractivity contribution is -0.305. The first-order chi connectivity index (χ1) is 36.7. The van der Waals surface area contributed by atoms with Crippen LogP contribution < -0.4 is 5.32 Å². The van der Waals surface area contributed by atoms with Crippen molar-refractivity contribution in [1.29, 1.82) is 0 Å². The van der Waals surface area contributed by atoms with E-state index in [1.165, 1.54) is 38.5 Å². The number of esters is 1. The molecule has 422 valence electrons. The first kappa shape index (κ1) is 68.6. The molecule has 0 aromatic heterocycles. The van der Waals surface area contributed by atoms with E-state index < -0.39 is 67.4 Å². The predicted octanol–water partition coefficient (Wildman–Crippen LogP) is 13.0. The van der Waals surface area contributed by atoms with Crippen LogP contribution in [-0.4, -0.2) is 99.6 Å². The molecule has 11 nitrogen and oxygen atoms in total. The zero-order valence-corrected chi connectivity index (χ0v) is 46.3. The highest BCUT2D eigenvalue weighted by Crippen LogP contribution is 2.26. The summed E-state index contributed by atoms with van der Waals surface area (Å²) in [6, 6.07) is -1.07. The van der Waals surface area contributed by atoms with E-state index in [4.69, 9.17) is 14.2 Å². The third kappa shape index (κ3) is 38.7. The maximum absolute atomic E-state index is 13.4. The van der Waals surface area contributed by atoms with E-state index in [1.807, 2.05) is 72.9 Å². The Kier molecular flexibility index (Phi) is 46.0. The lowest BCUT2D eigenvalue weighted by atomic mass is 9.99. The van der Waals surface area contributed by atoms with Gasteiger partial charge in [0.15, 0.2) is 12.4 Å². The Morgan fingerprint density at radius 1 is 0.547 bits per heavy atom. The smallest absolute Gasteiger partial charge is 0.306 e. The Bertz CT molecular complexity index is 1770. The summed E-state index contributed by atoms with van der Waals surface area (Å²) in [6.45, 7) is 5.44. The van der Waals surface area contributed by atoms with Gasteiger partial charge in [-0.3, -0.25) is 9.59 Å². The zero-order valence-electron chi connectivity index (χ0n) is 46.3. The van der Waals surface area contributed by atoms with Crippen molar-refractivity contribution in [3.8, 4) is 0 Å². The van der Waals surface area contributed by atoms with E-state index in [1.54, 1.807) is 6.08 Å². The van der Waals surface area contributed by atoms with Gasteiger partial charge in [0.05, 0.1) is 25.4 Å². The molecule has 0 spiro atoms. The molecule has 0 radical (unpaired) electrons. The molecule has 0 aromatic carbocycles. The van der Waals surface area contributed by atoms with Crippen LogP contribution in [0.4, 0.5) is 0 Å². The van der Waals surface area contributed by atoms with Crippen LogP contribution in [0.15, 0.2) is 146 Å². The van der Waals surface area contributed by atoms with E-state index in [-0.39, 0.29) is 19.4 Å². The Balaban J connectivity index is 2.78. The Morgan fingerprint density at radius 3 is 1.60 bits per heavy atom. The summed E-state index contributed by atoms with van der Waals surface area (Å²) in [5, 5.41) is 56.8. The van der Waals surface area contributed by atoms with Gasteiger partial charge in [0.1, 0.15) is 24.4 Å². The van der Waals surface area contributed by atoms with Crippen molar-refractivity contribution < 1.29 is 49.3 Å². The van der Waals surface area contributed by atoms with Gasteiger partial charge in [-0.15, -0.1) is 0 Å². The SMILES string of the molecule is CC\C=C/C=C/C=C/C=C\C=C\C=C\CCCCC(O)C(=O)NC(COC1OC(CO)C(O)C(O)C1OC(=O)CCCCC/C=C\C/C=C\C/C=C\C/C=C\C/C=C\CC)C(O)/C=C/CCCCCCCCCCC. The molecule has 1 fully saturated rings. The highest BCUT2D eigenvalue weighted by Gasteiger charge is 2.47. The molecule has 6 N–H and O–H groups in total. The number of aliphatic hydroxyl groups excluding tert-OH is 5. The van der Waals surface area contributed by atoms with Crippen molar-refractivity contribution in [3.05, 3.63) is 146 Å². The molecule has 0 bridgehead atoms. The number of hydrogen-bond acceptors (Lipinski definition) is 10. The number of aliphatic hydroxyl groups is 5. The number of nitrogens with one attached hydrogen (secondary N) is 1. The van der Waals surface area contributed by atoms with Crippen molar-refractivity contribution in [2.75, 3.05) is 13.2 Å². The van der Waals surface area contributed by atoms with Crippen molar-refractivity contribution >= 4 is 11.9 Å². The normalized spacial score (nSPS) is 20.3. The number of amides is 1. The number of unbranched alkanes of at least 4 members (excludes halogenated alkanes) is 14. The van der Waals surface area contributed by atoms with Gasteiger partial charge >= 0.3 is 5.97 Å². The van der Waals surface area contributed by atoms with Crippen molar-refractivity contribution in [2.24, 2.45) is 0 Å². The van der Waals surface area contributed by atoms with Gasteiger partial charge in [-0.1, -0.05) is 231 Å². The second-order valence-corrected chi connectivity index (χ2v) is 19.1. The molecule has 8 unspecified atom stereocenters. The van der Waals surface area contributed by atoms with E-state index in [2.05, 4.69) is 92.9 Å². The second-order valence-electron chi connectivity index (χ2n) is 19.1. The number of carbonyl (C=O) groups excluding carboxylic acids is 2. The summed E-state index contributed by atoms with van der Waals surface area (Å²) >= 11 is 0. The van der Waals surface area contributed by atoms with Gasteiger partial charge in [0.25, 0.3) is 0 Å². The van der Waals surface area contributed by atoms with Gasteiger partial charge in [-0.25, -0.2) is 0 Å². The predicted molar refractivity (Wildman–Crippen MR) is 310 cm³/mol. The van der Waals surface area contributed by atoms with E-state index in [0.717, 1.165) is 96.3 Å². The fourth-order valence-corrected chi connectivity index (χ4v) is 7.88. The second kappa shape index (κ2) is 50.4. The largest absolute Gasteiger partial charge is 0.454 e. The molecular weight excluding hydrogens is 943 g/mol. The lowest BCUT2D eigenvalue weighted by Crippen LogP contribution is -2.61. The number of carbonyl (C=O) groups is 2. The summed E-state index contributed by atoms with van der Waals surface area (Å²) in [7, 11) is 0. The highest BCUT2D eigenvalue weighted by molar-refractivity contribution is 5.80. The maximum Gasteiger partial charge on any atom is 0.306 e. The minimum Gasteiger partial charge on any atom is -0.454 e. The Morgan fingerprint density at radius 2 is 1.03 bits per heavy atom. The Hall–Kier alpha value is -4.46. The average molecular weight is 1040 g/mol. The molecule has 1 aliphatic heterocycles. The molecule has 0 aromatic rings. The summed E-state index contributed by atoms with van der Waals surface area (Å²) in [5.74, 6) is -1.29. The first-order valence-electron chi connectivity index (χ1n) is 28.7. The minimum absolute atomic E-state index is 0.0688. The van der Waals surface area contributed by atoms with Crippen molar-refractivity contribution in [2.45, 2.75) is 230 Å². The third-order valence-corrected chi connectivity index (χ3v) is 12.4. The van der Waals surface area contributed by atoms with Crippen LogP contribution in [0.5, 0.6) is 0 Å². The topological polar surface area (TPSA) is 175 Å². The van der Waals surface area contributed by atoms with Gasteiger partial charge in [0, 0.05) is 6.42 Å². The van der Waals surface area contributed by atoms with Crippen molar-refractivity contribution in [3.63, 3.8) is 0 Å². The minimum atomic E-state index is -1.65. The monoisotopic (exact) mass is 1040 g/mol. The van der Waals surface area contributed by atoms with E-state index >= 15 is 0 Å². The molecule has 1 aliphatic rings. The van der Waals surface area contributed by atoms with Gasteiger partial charge < -0.3 is 45.1 Å². The van der Waals surface area contributed by atoms with Crippen LogP contribution in [0.1, 0.15) is 181 Å². The zero-order chi connectivity index (χ0) is 54.7. The molecule has 8 atom stereocenters. The molecule has 0 aliphatic carbocycles. The van der Waals surface area contributed by atoms with E-state index in [9.17, 15) is 35.1 Å². The molecular formula is C64H101NO10. The van der Waals surface area contributed by atoms with Crippen molar-refractivity contribution in [1.82, 2.24) is 5.32 Å². The maximum atomic E-state index is 13.4. The first-order valence-corrected chi connectivity index (χ1v) is 28.7. The molecule has 0 saturated carbocycles. The van der Waals surface area contributed by atoms with Crippen LogP contribution in [0, 0.1) is 0 Å². The Labute approximate surface area is 454 Å². The highest BCUT2D eigenvalue weighted by atomic mass is 16.7. The average Bonchev–Trinajstić information content (AvgIpc) is 3.41. The van der Waals surface area contributed by atoms with Crippen LogP contribution >= 0.6 is 0 Å². The van der Waals surface area contributed by atoms with Crippen LogP contribution in [0.3, 0.4) is 0 Å². The fraction of sp³-hybridized carbons (Fsp3) is 0.594. The molecule has 1 saturated heterocycles. The summed E-state index contributed by atoms with van der Waals surface area (Å²) < 4.78 is 17.5. The van der Waals surface area contributed by atoms with E-state index in [0.29, 0.717) is 12.8 Å². The summed E-state index contributed by atoms with van der Waals surface area (Å²) in [4.78, 5) is 26.5. The van der Waals surface area contributed by atoms with Gasteiger partial charge in [0.2, 0.25) is 5.91 Å². The summed E-state index contributed by atoms with van der Waals surface area (Å²) in [6.07, 6.45) is 61.7. The quantitative estimate of drug-likeness (QED) is 0.0149. The van der Waals surface area contributed by atoms with Gasteiger partial charge in [-0.05, 0) is 89.9 Å². The number of allylic oxidation sites excluding steroid dienone is 23. The number of rotatable bonds is 45. The lowest BCUT2D eigenvalue weighted by Gasteiger charge is -2.41. The molecule has 1 heterocycles. The third-order valence-electron chi connectivity index (χ3n) is 12.4. The summed E-state index contributed by atoms with van der Waals surface area (Å²) in [5.41, 5.74) is 0. The standard InChI is InChI=1S/C64H101NO10/c1-4-7-10-13-16-19-22-24-26-28-29-30-32-34-37-40-43-46-49-52-59(69)75-62-61(71)60(70)58(53-66)74-64(62)73-54-55(56(67)50-47-44-41-38-35-21-18-15-12-9-6-3)65-63(72)57(68)51-48-45-42-39-36-33-31-27-25-23-20-17-14-11-8-5-2/h7-8,10-11,14,16-17,19-20,23-27,29-31,33-34,36-37,39,47,50,55-58,60-62,64,66-68,70-71H,4-6,9,12-13,15,18,21-22,28,32,35,38,40-46,48-49,51-54H2,1-3H3,(H,65,72)/b10-7-,11-8-,17-14+,19-16-,23-20+,26-24-,27-25-,30-29-,33-31+,37-34-,39-36+,50-47+. The molecule has 1 amide bonds. The van der Waals surface area contributed by atoms with Gasteiger partial charge in [-0.2, -0.15) is 0 Å². The fourth-order valence-electron chi connectivity index (χ4n) is 7.88. The van der Waals surface area contributed by atoms with Crippen LogP contribution in [0.2, 0.25) is 0 Å². The van der Waals surface area contributed by atoms with Crippen LogP contribution in [0.25, 0.3) is 0 Å². The number of hydrogen-bond donors (Lipinski definition) is 6. The molecule has 1 rings (SSSR count). The van der Waals surface area contributed by atoms with Crippen LogP contribution in [-0.2, 0) is 23.8 Å². The molecule has 75 heavy (non-hydrogen) atoms. The number of ether oxygens (including phenoxy) is 3. The molecule has 11 heteroatoms.